The lowest BCUT2D eigenvalue weighted by Crippen LogP contribution is -2.46. The lowest BCUT2D eigenvalue weighted by atomic mass is 10.1. The van der Waals surface area contributed by atoms with Gasteiger partial charge >= 0.3 is 5.97 Å². The van der Waals surface area contributed by atoms with Crippen molar-refractivity contribution in [3.8, 4) is 0 Å². The molecule has 8 nitrogen and oxygen atoms in total. The standard InChI is InChI=1S/C9H11N3O5/c1-9(17,8(15)16)4-10-7(14)5-2-3-6(13)12-11-5/h2-3,17H,4H2,1H3,(H,10,14)(H,12,13)(H,15,16). The van der Waals surface area contributed by atoms with Crippen LogP contribution in [0.25, 0.3) is 0 Å². The van der Waals surface area contributed by atoms with Crippen molar-refractivity contribution >= 4 is 11.9 Å². The van der Waals surface area contributed by atoms with Crippen LogP contribution in [-0.2, 0) is 4.79 Å². The summed E-state index contributed by atoms with van der Waals surface area (Å²) in [4.78, 5) is 32.7. The van der Waals surface area contributed by atoms with E-state index in [1.54, 1.807) is 0 Å². The van der Waals surface area contributed by atoms with Crippen LogP contribution >= 0.6 is 0 Å². The number of hydrogen-bond acceptors (Lipinski definition) is 5. The Labute approximate surface area is 95.3 Å². The van der Waals surface area contributed by atoms with Gasteiger partial charge in [0, 0.05) is 6.07 Å². The molecule has 0 fully saturated rings. The molecular weight excluding hydrogens is 230 g/mol. The minimum absolute atomic E-state index is 0.0780. The molecule has 1 heterocycles. The van der Waals surface area contributed by atoms with Crippen LogP contribution in [0.2, 0.25) is 0 Å². The van der Waals surface area contributed by atoms with Crippen LogP contribution in [0.5, 0.6) is 0 Å². The number of amides is 1. The number of aliphatic hydroxyl groups is 1. The first kappa shape index (κ1) is 12.8. The van der Waals surface area contributed by atoms with Gasteiger partial charge in [-0.25, -0.2) is 9.89 Å². The molecule has 17 heavy (non-hydrogen) atoms. The Morgan fingerprint density at radius 2 is 2.18 bits per heavy atom. The summed E-state index contributed by atoms with van der Waals surface area (Å²) < 4.78 is 0. The van der Waals surface area contributed by atoms with Gasteiger partial charge in [-0.15, -0.1) is 0 Å². The number of carbonyl (C=O) groups is 2. The molecule has 1 aromatic rings. The largest absolute Gasteiger partial charge is 0.479 e. The zero-order valence-corrected chi connectivity index (χ0v) is 8.93. The molecular formula is C9H11N3O5. The molecule has 1 atom stereocenters. The molecule has 1 aromatic heterocycles. The molecule has 8 heteroatoms. The van der Waals surface area contributed by atoms with Crippen LogP contribution in [0.1, 0.15) is 17.4 Å². The van der Waals surface area contributed by atoms with E-state index in [1.807, 2.05) is 0 Å². The summed E-state index contributed by atoms with van der Waals surface area (Å²) in [5.41, 5.74) is -2.59. The van der Waals surface area contributed by atoms with Crippen LogP contribution in [0.3, 0.4) is 0 Å². The van der Waals surface area contributed by atoms with Crippen molar-refractivity contribution in [2.75, 3.05) is 6.54 Å². The van der Waals surface area contributed by atoms with Crippen molar-refractivity contribution in [3.05, 3.63) is 28.2 Å². The van der Waals surface area contributed by atoms with Crippen LogP contribution in [0.4, 0.5) is 0 Å². The number of nitrogens with one attached hydrogen (secondary N) is 2. The van der Waals surface area contributed by atoms with Crippen molar-refractivity contribution in [1.29, 1.82) is 0 Å². The first-order valence-electron chi connectivity index (χ1n) is 4.62. The van der Waals surface area contributed by atoms with E-state index in [2.05, 4.69) is 15.5 Å². The lowest BCUT2D eigenvalue weighted by molar-refractivity contribution is -0.155. The number of carboxylic acid groups (broad SMARTS) is 1. The molecule has 0 bridgehead atoms. The SMILES string of the molecule is CC(O)(CNC(=O)c1ccc(=O)[nH]n1)C(=O)O. The van der Waals surface area contributed by atoms with Gasteiger partial charge in [-0.1, -0.05) is 0 Å². The smallest absolute Gasteiger partial charge is 0.337 e. The fraction of sp³-hybridized carbons (Fsp3) is 0.333. The molecule has 1 amide bonds. The predicted molar refractivity (Wildman–Crippen MR) is 55.5 cm³/mol. The van der Waals surface area contributed by atoms with Gasteiger partial charge in [0.1, 0.15) is 5.69 Å². The van der Waals surface area contributed by atoms with Crippen LogP contribution in [0, 0.1) is 0 Å². The van der Waals surface area contributed by atoms with Gasteiger partial charge in [-0.05, 0) is 13.0 Å². The molecule has 0 radical (unpaired) electrons. The van der Waals surface area contributed by atoms with Crippen LogP contribution < -0.4 is 10.9 Å². The maximum absolute atomic E-state index is 11.4. The third-order valence-electron chi connectivity index (χ3n) is 1.97. The second-order valence-corrected chi connectivity index (χ2v) is 3.57. The summed E-state index contributed by atoms with van der Waals surface area (Å²) in [5, 5.41) is 25.6. The molecule has 0 saturated heterocycles. The Hall–Kier alpha value is -2.22. The quantitative estimate of drug-likeness (QED) is 0.498. The number of carbonyl (C=O) groups excluding carboxylic acids is 1. The minimum atomic E-state index is -2.06. The van der Waals surface area contributed by atoms with Crippen LogP contribution in [0.15, 0.2) is 16.9 Å². The number of nitrogens with zero attached hydrogens (tertiary/aromatic N) is 1. The highest BCUT2D eigenvalue weighted by atomic mass is 16.4. The molecule has 0 aliphatic heterocycles. The van der Waals surface area contributed by atoms with Crippen molar-refractivity contribution in [2.45, 2.75) is 12.5 Å². The minimum Gasteiger partial charge on any atom is -0.479 e. The van der Waals surface area contributed by atoms with E-state index in [-0.39, 0.29) is 5.69 Å². The summed E-state index contributed by atoms with van der Waals surface area (Å²) in [6, 6.07) is 2.29. The first-order chi connectivity index (χ1) is 7.83. The molecule has 0 aliphatic rings. The van der Waals surface area contributed by atoms with Gasteiger partial charge in [-0.3, -0.25) is 9.59 Å². The normalized spacial score (nSPS) is 13.8. The predicted octanol–water partition coefficient (Wildman–Crippen LogP) is -1.66. The maximum Gasteiger partial charge on any atom is 0.337 e. The summed E-state index contributed by atoms with van der Waals surface area (Å²) in [5.74, 6) is -2.14. The van der Waals surface area contributed by atoms with E-state index in [1.165, 1.54) is 6.07 Å². The summed E-state index contributed by atoms with van der Waals surface area (Å²) in [6.45, 7) is 0.581. The molecule has 0 aliphatic carbocycles. The lowest BCUT2D eigenvalue weighted by Gasteiger charge is -2.17. The monoisotopic (exact) mass is 241 g/mol. The molecule has 1 unspecified atom stereocenters. The van der Waals surface area contributed by atoms with Gasteiger partial charge in [0.05, 0.1) is 6.54 Å². The fourth-order valence-electron chi connectivity index (χ4n) is 0.890. The van der Waals surface area contributed by atoms with E-state index in [4.69, 9.17) is 5.11 Å². The second kappa shape index (κ2) is 4.74. The molecule has 0 aromatic carbocycles. The second-order valence-electron chi connectivity index (χ2n) is 3.57. The molecule has 0 saturated carbocycles. The summed E-state index contributed by atoms with van der Waals surface area (Å²) >= 11 is 0. The summed E-state index contributed by atoms with van der Waals surface area (Å²) in [7, 11) is 0. The van der Waals surface area contributed by atoms with E-state index >= 15 is 0 Å². The zero-order valence-electron chi connectivity index (χ0n) is 8.93. The number of aliphatic carboxylic acids is 1. The number of rotatable bonds is 4. The van der Waals surface area contributed by atoms with Crippen molar-refractivity contribution < 1.29 is 19.8 Å². The highest BCUT2D eigenvalue weighted by molar-refractivity contribution is 5.92. The third kappa shape index (κ3) is 3.38. The fourth-order valence-corrected chi connectivity index (χ4v) is 0.890. The summed E-state index contributed by atoms with van der Waals surface area (Å²) in [6.07, 6.45) is 0. The van der Waals surface area contributed by atoms with Gasteiger partial charge < -0.3 is 15.5 Å². The van der Waals surface area contributed by atoms with E-state index < -0.39 is 29.6 Å². The average Bonchev–Trinajstić information content (AvgIpc) is 2.27. The number of aromatic nitrogens is 2. The van der Waals surface area contributed by atoms with Crippen molar-refractivity contribution in [1.82, 2.24) is 15.5 Å². The average molecular weight is 241 g/mol. The Morgan fingerprint density at radius 1 is 1.53 bits per heavy atom. The number of carboxylic acids is 1. The van der Waals surface area contributed by atoms with Crippen molar-refractivity contribution in [2.24, 2.45) is 0 Å². The van der Waals surface area contributed by atoms with E-state index in [0.29, 0.717) is 0 Å². The highest BCUT2D eigenvalue weighted by Gasteiger charge is 2.30. The Bertz CT molecular complexity index is 473. The number of aromatic amines is 1. The molecule has 92 valence electrons. The molecule has 1 rings (SSSR count). The topological polar surface area (TPSA) is 132 Å². The Kier molecular flexibility index (Phi) is 3.59. The number of hydrogen-bond donors (Lipinski definition) is 4. The Morgan fingerprint density at radius 3 is 2.65 bits per heavy atom. The highest BCUT2D eigenvalue weighted by Crippen LogP contribution is 2.01. The molecule has 4 N–H and O–H groups in total. The number of H-pyrrole nitrogens is 1. The van der Waals surface area contributed by atoms with Gasteiger partial charge in [0.25, 0.3) is 11.5 Å². The first-order valence-corrected chi connectivity index (χ1v) is 4.62. The van der Waals surface area contributed by atoms with E-state index in [0.717, 1.165) is 13.0 Å². The maximum atomic E-state index is 11.4. The Balaban J connectivity index is 2.65. The third-order valence-corrected chi connectivity index (χ3v) is 1.97. The van der Waals surface area contributed by atoms with Gasteiger partial charge in [-0.2, -0.15) is 5.10 Å². The van der Waals surface area contributed by atoms with Crippen molar-refractivity contribution in [3.63, 3.8) is 0 Å². The zero-order chi connectivity index (χ0) is 13.1. The van der Waals surface area contributed by atoms with E-state index in [9.17, 15) is 19.5 Å². The molecule has 0 spiro atoms. The van der Waals surface area contributed by atoms with Crippen LogP contribution in [-0.4, -0.2) is 44.4 Å². The van der Waals surface area contributed by atoms with Gasteiger partial charge in [0.15, 0.2) is 5.60 Å². The van der Waals surface area contributed by atoms with Gasteiger partial charge in [0.2, 0.25) is 0 Å².